The second-order valence-corrected chi connectivity index (χ2v) is 4.47. The summed E-state index contributed by atoms with van der Waals surface area (Å²) in [6.45, 7) is 0. The molecule has 0 fully saturated rings. The molecule has 1 aromatic heterocycles. The normalized spacial score (nSPS) is 10.6. The number of hydrogen-bond donors (Lipinski definition) is 2. The number of fused-ring (bicyclic) bond motifs is 3. The van der Waals surface area contributed by atoms with Crippen molar-refractivity contribution in [2.24, 2.45) is 0 Å². The summed E-state index contributed by atoms with van der Waals surface area (Å²) in [5.41, 5.74) is 7.13. The Bertz CT molecular complexity index is 663. The monoisotopic (exact) mass is 327 g/mol. The number of nitrogen functional groups attached to an aromatic ring is 1. The average Bonchev–Trinajstić information content (AvgIpc) is 2.59. The number of nitrogens with two attached hydrogens (primary N) is 1. The SMILES string of the molecule is N.Nc1nc2cc(I)c3ccccc3c2o1. The second-order valence-electron chi connectivity index (χ2n) is 3.30. The zero-order valence-electron chi connectivity index (χ0n) is 8.40. The van der Waals surface area contributed by atoms with Crippen molar-refractivity contribution in [3.8, 4) is 0 Å². The van der Waals surface area contributed by atoms with Crippen molar-refractivity contribution >= 4 is 50.5 Å². The highest BCUT2D eigenvalue weighted by Gasteiger charge is 2.09. The van der Waals surface area contributed by atoms with E-state index in [9.17, 15) is 0 Å². The smallest absolute Gasteiger partial charge is 0.293 e. The average molecular weight is 327 g/mol. The molecule has 0 bridgehead atoms. The van der Waals surface area contributed by atoms with Gasteiger partial charge in [0.15, 0.2) is 5.58 Å². The van der Waals surface area contributed by atoms with Gasteiger partial charge in [-0.15, -0.1) is 0 Å². The van der Waals surface area contributed by atoms with Gasteiger partial charge in [-0.2, -0.15) is 4.98 Å². The molecular formula is C11H10IN3O. The van der Waals surface area contributed by atoms with E-state index >= 15 is 0 Å². The van der Waals surface area contributed by atoms with Crippen molar-refractivity contribution in [1.82, 2.24) is 11.1 Å². The van der Waals surface area contributed by atoms with Crippen LogP contribution in [0.25, 0.3) is 21.9 Å². The van der Waals surface area contributed by atoms with Crippen molar-refractivity contribution in [3.63, 3.8) is 0 Å². The quantitative estimate of drug-likeness (QED) is 0.620. The van der Waals surface area contributed by atoms with Gasteiger partial charge in [0.2, 0.25) is 0 Å². The lowest BCUT2D eigenvalue weighted by Crippen LogP contribution is -1.81. The minimum atomic E-state index is 0. The number of aromatic nitrogens is 1. The molecule has 3 aromatic rings. The standard InChI is InChI=1S/C11H7IN2O.H3N/c12-8-5-9-10(15-11(13)14-9)7-4-2-1-3-6(7)8;/h1-5H,(H2,13,14);1H3. The molecule has 0 aliphatic rings. The van der Waals surface area contributed by atoms with Crippen LogP contribution in [0.1, 0.15) is 0 Å². The van der Waals surface area contributed by atoms with Crippen LogP contribution in [0.2, 0.25) is 0 Å². The van der Waals surface area contributed by atoms with Crippen LogP contribution < -0.4 is 11.9 Å². The van der Waals surface area contributed by atoms with Gasteiger partial charge in [0, 0.05) is 8.96 Å². The molecule has 3 rings (SSSR count). The van der Waals surface area contributed by atoms with Crippen LogP contribution in [0.15, 0.2) is 34.7 Å². The number of anilines is 1. The summed E-state index contributed by atoms with van der Waals surface area (Å²) < 4.78 is 6.56. The van der Waals surface area contributed by atoms with E-state index in [4.69, 9.17) is 10.2 Å². The Balaban J connectivity index is 0.000000963. The molecule has 82 valence electrons. The Morgan fingerprint density at radius 1 is 1.19 bits per heavy atom. The van der Waals surface area contributed by atoms with E-state index in [0.717, 1.165) is 20.1 Å². The van der Waals surface area contributed by atoms with Crippen LogP contribution >= 0.6 is 22.6 Å². The fraction of sp³-hybridized carbons (Fsp3) is 0. The molecule has 2 aromatic carbocycles. The van der Waals surface area contributed by atoms with E-state index in [2.05, 4.69) is 33.6 Å². The van der Waals surface area contributed by atoms with Crippen molar-refractivity contribution in [3.05, 3.63) is 33.9 Å². The fourth-order valence-corrected chi connectivity index (χ4v) is 2.49. The first-order chi connectivity index (χ1) is 7.25. The number of hydrogen-bond acceptors (Lipinski definition) is 4. The highest BCUT2D eigenvalue weighted by Crippen LogP contribution is 2.30. The molecule has 1 heterocycles. The van der Waals surface area contributed by atoms with E-state index in [1.165, 1.54) is 5.39 Å². The number of rotatable bonds is 0. The molecule has 0 saturated carbocycles. The highest BCUT2D eigenvalue weighted by atomic mass is 127. The fourth-order valence-electron chi connectivity index (χ4n) is 1.73. The lowest BCUT2D eigenvalue weighted by atomic mass is 10.1. The minimum absolute atomic E-state index is 0. The molecule has 16 heavy (non-hydrogen) atoms. The van der Waals surface area contributed by atoms with Gasteiger partial charge < -0.3 is 16.3 Å². The summed E-state index contributed by atoms with van der Waals surface area (Å²) in [6, 6.07) is 10.3. The molecule has 0 unspecified atom stereocenters. The lowest BCUT2D eigenvalue weighted by molar-refractivity contribution is 0.629. The first kappa shape index (κ1) is 11.2. The van der Waals surface area contributed by atoms with Crippen LogP contribution in [0.4, 0.5) is 6.01 Å². The maximum atomic E-state index is 5.55. The van der Waals surface area contributed by atoms with Crippen LogP contribution in [-0.4, -0.2) is 4.98 Å². The van der Waals surface area contributed by atoms with E-state index in [-0.39, 0.29) is 12.2 Å². The van der Waals surface area contributed by atoms with Crippen molar-refractivity contribution in [1.29, 1.82) is 0 Å². The van der Waals surface area contributed by atoms with Gasteiger partial charge in [-0.3, -0.25) is 0 Å². The van der Waals surface area contributed by atoms with Gasteiger partial charge >= 0.3 is 0 Å². The predicted molar refractivity (Wildman–Crippen MR) is 73.7 cm³/mol. The maximum Gasteiger partial charge on any atom is 0.293 e. The van der Waals surface area contributed by atoms with Crippen molar-refractivity contribution < 1.29 is 4.42 Å². The lowest BCUT2D eigenvalue weighted by Gasteiger charge is -1.99. The zero-order chi connectivity index (χ0) is 10.4. The molecule has 0 spiro atoms. The topological polar surface area (TPSA) is 87.0 Å². The van der Waals surface area contributed by atoms with Gasteiger partial charge in [-0.25, -0.2) is 0 Å². The number of nitrogens with zero attached hydrogens (tertiary/aromatic N) is 1. The van der Waals surface area contributed by atoms with Crippen LogP contribution in [0, 0.1) is 3.57 Å². The Labute approximate surface area is 106 Å². The summed E-state index contributed by atoms with van der Waals surface area (Å²) in [4.78, 5) is 4.13. The number of oxazole rings is 1. The van der Waals surface area contributed by atoms with Crippen LogP contribution in [0.3, 0.4) is 0 Å². The van der Waals surface area contributed by atoms with E-state index < -0.39 is 0 Å². The first-order valence-corrected chi connectivity index (χ1v) is 5.57. The minimum Gasteiger partial charge on any atom is -0.423 e. The van der Waals surface area contributed by atoms with E-state index in [1.54, 1.807) is 0 Å². The zero-order valence-corrected chi connectivity index (χ0v) is 10.6. The molecular weight excluding hydrogens is 317 g/mol. The molecule has 5 N–H and O–H groups in total. The molecule has 0 saturated heterocycles. The van der Waals surface area contributed by atoms with Crippen molar-refractivity contribution in [2.45, 2.75) is 0 Å². The van der Waals surface area contributed by atoms with Crippen LogP contribution in [-0.2, 0) is 0 Å². The second kappa shape index (κ2) is 3.91. The first-order valence-electron chi connectivity index (χ1n) is 4.49. The summed E-state index contributed by atoms with van der Waals surface area (Å²) >= 11 is 2.29. The molecule has 0 aliphatic heterocycles. The summed E-state index contributed by atoms with van der Waals surface area (Å²) in [6.07, 6.45) is 0. The Morgan fingerprint density at radius 2 is 1.88 bits per heavy atom. The molecule has 4 nitrogen and oxygen atoms in total. The maximum absolute atomic E-state index is 5.55. The Morgan fingerprint density at radius 3 is 2.62 bits per heavy atom. The molecule has 0 atom stereocenters. The predicted octanol–water partition coefficient (Wildman–Crippen LogP) is 3.33. The number of benzene rings is 2. The Hall–Kier alpha value is -1.34. The van der Waals surface area contributed by atoms with Gasteiger partial charge in [-0.05, 0) is 34.0 Å². The Kier molecular flexibility index (Phi) is 2.73. The van der Waals surface area contributed by atoms with Gasteiger partial charge in [-0.1, -0.05) is 24.3 Å². The summed E-state index contributed by atoms with van der Waals surface area (Å²) in [5.74, 6) is 0. The highest BCUT2D eigenvalue weighted by molar-refractivity contribution is 14.1. The van der Waals surface area contributed by atoms with Gasteiger partial charge in [0.05, 0.1) is 0 Å². The number of halogens is 1. The third-order valence-electron chi connectivity index (χ3n) is 2.36. The van der Waals surface area contributed by atoms with Crippen LogP contribution in [0.5, 0.6) is 0 Å². The summed E-state index contributed by atoms with van der Waals surface area (Å²) in [5, 5.41) is 2.23. The third-order valence-corrected chi connectivity index (χ3v) is 3.25. The van der Waals surface area contributed by atoms with E-state index in [1.807, 2.05) is 24.3 Å². The summed E-state index contributed by atoms with van der Waals surface area (Å²) in [7, 11) is 0. The van der Waals surface area contributed by atoms with Gasteiger partial charge in [0.1, 0.15) is 5.52 Å². The molecule has 5 heteroatoms. The molecule has 0 aliphatic carbocycles. The van der Waals surface area contributed by atoms with Gasteiger partial charge in [0.25, 0.3) is 6.01 Å². The third kappa shape index (κ3) is 1.52. The van der Waals surface area contributed by atoms with E-state index in [0.29, 0.717) is 0 Å². The molecule has 0 amide bonds. The largest absolute Gasteiger partial charge is 0.423 e. The van der Waals surface area contributed by atoms with Crippen molar-refractivity contribution in [2.75, 3.05) is 5.73 Å². The molecule has 0 radical (unpaired) electrons.